The van der Waals surface area contributed by atoms with E-state index in [9.17, 15) is 18.0 Å². The average Bonchev–Trinajstić information content (AvgIpc) is 3.37. The van der Waals surface area contributed by atoms with Crippen molar-refractivity contribution in [3.63, 3.8) is 0 Å². The monoisotopic (exact) mass is 418 g/mol. The van der Waals surface area contributed by atoms with Crippen LogP contribution in [0.4, 0.5) is 19.1 Å². The number of hydroxylamine groups is 2. The first kappa shape index (κ1) is 21.2. The second-order valence-corrected chi connectivity index (χ2v) is 6.92. The van der Waals surface area contributed by atoms with E-state index in [0.29, 0.717) is 32.3 Å². The number of halogens is 3. The molecule has 0 unspecified atom stereocenters. The summed E-state index contributed by atoms with van der Waals surface area (Å²) in [6, 6.07) is 1.80. The van der Waals surface area contributed by atoms with E-state index in [4.69, 9.17) is 19.5 Å². The van der Waals surface area contributed by atoms with Gasteiger partial charge in [-0.1, -0.05) is 0 Å². The molecule has 1 aromatic rings. The normalized spacial score (nSPS) is 26.5. The van der Waals surface area contributed by atoms with Crippen LogP contribution < -0.4 is 4.90 Å². The first-order valence-electron chi connectivity index (χ1n) is 9.12. The lowest BCUT2D eigenvalue weighted by Crippen LogP contribution is -2.57. The second kappa shape index (κ2) is 8.49. The van der Waals surface area contributed by atoms with Crippen LogP contribution in [0.1, 0.15) is 19.3 Å². The minimum atomic E-state index is -5.08. The number of aliphatic carboxylic acids is 1. The molecular formula is C17H21F3N4O5. The number of nitrogens with zero attached hydrogens (tertiary/aromatic N) is 4. The van der Waals surface area contributed by atoms with Crippen molar-refractivity contribution in [2.24, 2.45) is 5.41 Å². The molecule has 0 aliphatic carbocycles. The van der Waals surface area contributed by atoms with Crippen LogP contribution >= 0.6 is 0 Å². The van der Waals surface area contributed by atoms with Gasteiger partial charge < -0.3 is 14.7 Å². The summed E-state index contributed by atoms with van der Waals surface area (Å²) in [7, 11) is 0. The summed E-state index contributed by atoms with van der Waals surface area (Å²) >= 11 is 0. The van der Waals surface area contributed by atoms with Gasteiger partial charge in [0.2, 0.25) is 5.95 Å². The van der Waals surface area contributed by atoms with Crippen molar-refractivity contribution < 1.29 is 37.4 Å². The molecule has 0 bridgehead atoms. The molecule has 9 nitrogen and oxygen atoms in total. The predicted octanol–water partition coefficient (Wildman–Crippen LogP) is 1.26. The van der Waals surface area contributed by atoms with Crippen molar-refractivity contribution in [3.05, 3.63) is 18.5 Å². The van der Waals surface area contributed by atoms with Crippen molar-refractivity contribution in [3.8, 4) is 0 Å². The Labute approximate surface area is 164 Å². The highest BCUT2D eigenvalue weighted by atomic mass is 19.4. The van der Waals surface area contributed by atoms with E-state index in [0.717, 1.165) is 25.8 Å². The van der Waals surface area contributed by atoms with Gasteiger partial charge in [-0.15, -0.1) is 0 Å². The summed E-state index contributed by atoms with van der Waals surface area (Å²) in [6.07, 6.45) is 0.815. The molecule has 2 atom stereocenters. The van der Waals surface area contributed by atoms with E-state index < -0.39 is 17.6 Å². The standard InChI is InChI=1S/C15H20N4O3.C2HF3O2/c20-13(19-7-2-9-22-19)15-4-10-21-12(15)3-8-18(11-15)14-16-5-1-6-17-14;3-2(4,5)1(6)7/h1,5-6,12H,2-4,7-11H2;(H,6,7)/t12-,15-;/m1./s1. The third kappa shape index (κ3) is 4.58. The Morgan fingerprint density at radius 2 is 1.90 bits per heavy atom. The van der Waals surface area contributed by atoms with Crippen LogP contribution in [0.25, 0.3) is 0 Å². The molecule has 0 radical (unpaired) electrons. The molecule has 3 fully saturated rings. The fourth-order valence-electron chi connectivity index (χ4n) is 3.73. The van der Waals surface area contributed by atoms with Gasteiger partial charge in [0.25, 0.3) is 5.91 Å². The molecule has 3 aliphatic heterocycles. The van der Waals surface area contributed by atoms with Crippen molar-refractivity contribution in [1.29, 1.82) is 0 Å². The van der Waals surface area contributed by atoms with Crippen LogP contribution in [-0.4, -0.2) is 77.1 Å². The fourth-order valence-corrected chi connectivity index (χ4v) is 3.73. The van der Waals surface area contributed by atoms with E-state index >= 15 is 0 Å². The molecule has 4 heterocycles. The highest BCUT2D eigenvalue weighted by Gasteiger charge is 2.55. The van der Waals surface area contributed by atoms with Gasteiger partial charge in [0, 0.05) is 32.1 Å². The van der Waals surface area contributed by atoms with E-state index in [-0.39, 0.29) is 12.0 Å². The van der Waals surface area contributed by atoms with E-state index in [1.165, 1.54) is 5.06 Å². The number of fused-ring (bicyclic) bond motifs is 1. The number of alkyl halides is 3. The number of carbonyl (C=O) groups excluding carboxylic acids is 1. The number of carboxylic acids is 1. The molecule has 160 valence electrons. The number of ether oxygens (including phenoxy) is 1. The van der Waals surface area contributed by atoms with Crippen LogP contribution in [0, 0.1) is 5.41 Å². The average molecular weight is 418 g/mol. The van der Waals surface area contributed by atoms with Gasteiger partial charge in [0.1, 0.15) is 0 Å². The van der Waals surface area contributed by atoms with Crippen LogP contribution in [0.2, 0.25) is 0 Å². The second-order valence-electron chi connectivity index (χ2n) is 6.92. The number of hydrogen-bond acceptors (Lipinski definition) is 7. The van der Waals surface area contributed by atoms with Crippen LogP contribution in [-0.2, 0) is 19.2 Å². The number of anilines is 1. The van der Waals surface area contributed by atoms with Gasteiger partial charge in [0.05, 0.1) is 24.7 Å². The van der Waals surface area contributed by atoms with Crippen molar-refractivity contribution in [2.75, 3.05) is 37.7 Å². The number of piperidine rings is 1. The molecule has 29 heavy (non-hydrogen) atoms. The largest absolute Gasteiger partial charge is 0.490 e. The highest BCUT2D eigenvalue weighted by Crippen LogP contribution is 2.43. The molecule has 1 aromatic heterocycles. The van der Waals surface area contributed by atoms with Gasteiger partial charge in [-0.2, -0.15) is 13.2 Å². The quantitative estimate of drug-likeness (QED) is 0.766. The van der Waals surface area contributed by atoms with E-state index in [1.54, 1.807) is 18.5 Å². The molecular weight excluding hydrogens is 397 g/mol. The zero-order chi connectivity index (χ0) is 21.1. The summed E-state index contributed by atoms with van der Waals surface area (Å²) in [5.74, 6) is -2.01. The van der Waals surface area contributed by atoms with Gasteiger partial charge >= 0.3 is 12.1 Å². The fraction of sp³-hybridized carbons (Fsp3) is 0.647. The maximum Gasteiger partial charge on any atom is 0.490 e. The maximum absolute atomic E-state index is 13.0. The Bertz CT molecular complexity index is 730. The Balaban J connectivity index is 0.000000298. The zero-order valence-electron chi connectivity index (χ0n) is 15.5. The first-order chi connectivity index (χ1) is 13.7. The van der Waals surface area contributed by atoms with Crippen LogP contribution in [0.5, 0.6) is 0 Å². The highest BCUT2D eigenvalue weighted by molar-refractivity contribution is 5.84. The molecule has 0 saturated carbocycles. The minimum Gasteiger partial charge on any atom is -0.475 e. The third-order valence-electron chi connectivity index (χ3n) is 5.10. The Hall–Kier alpha value is -2.47. The first-order valence-corrected chi connectivity index (χ1v) is 9.12. The lowest BCUT2D eigenvalue weighted by atomic mass is 9.75. The van der Waals surface area contributed by atoms with Crippen LogP contribution in [0.3, 0.4) is 0 Å². The molecule has 0 aromatic carbocycles. The molecule has 3 saturated heterocycles. The number of carboxylic acid groups (broad SMARTS) is 1. The SMILES string of the molecule is O=C(N1CCCO1)[C@@]12CCO[C@@H]1CCN(c1ncccn1)C2.O=C(O)C(F)(F)F. The molecule has 3 aliphatic rings. The van der Waals surface area contributed by atoms with Gasteiger partial charge in [-0.25, -0.2) is 19.8 Å². The topological polar surface area (TPSA) is 105 Å². The van der Waals surface area contributed by atoms with E-state index in [1.807, 2.05) is 0 Å². The van der Waals surface area contributed by atoms with Crippen molar-refractivity contribution in [1.82, 2.24) is 15.0 Å². The Morgan fingerprint density at radius 1 is 1.21 bits per heavy atom. The van der Waals surface area contributed by atoms with Gasteiger partial charge in [-0.05, 0) is 25.3 Å². The number of carbonyl (C=O) groups is 2. The van der Waals surface area contributed by atoms with Crippen LogP contribution in [0.15, 0.2) is 18.5 Å². The number of aromatic nitrogens is 2. The summed E-state index contributed by atoms with van der Waals surface area (Å²) in [5, 5.41) is 8.66. The zero-order valence-corrected chi connectivity index (χ0v) is 15.5. The van der Waals surface area contributed by atoms with Crippen molar-refractivity contribution in [2.45, 2.75) is 31.5 Å². The Kier molecular flexibility index (Phi) is 6.22. The summed E-state index contributed by atoms with van der Waals surface area (Å²) < 4.78 is 37.6. The summed E-state index contributed by atoms with van der Waals surface area (Å²) in [6.45, 7) is 3.34. The predicted molar refractivity (Wildman–Crippen MR) is 91.6 cm³/mol. The van der Waals surface area contributed by atoms with Gasteiger partial charge in [-0.3, -0.25) is 9.63 Å². The number of amides is 1. The van der Waals surface area contributed by atoms with Crippen molar-refractivity contribution >= 4 is 17.8 Å². The maximum atomic E-state index is 13.0. The van der Waals surface area contributed by atoms with Gasteiger partial charge in [0.15, 0.2) is 0 Å². The molecule has 12 heteroatoms. The summed E-state index contributed by atoms with van der Waals surface area (Å²) in [5.41, 5.74) is -0.526. The Morgan fingerprint density at radius 3 is 2.48 bits per heavy atom. The van der Waals surface area contributed by atoms with E-state index in [2.05, 4.69) is 14.9 Å². The smallest absolute Gasteiger partial charge is 0.475 e. The third-order valence-corrected chi connectivity index (χ3v) is 5.10. The lowest BCUT2D eigenvalue weighted by Gasteiger charge is -2.43. The lowest BCUT2D eigenvalue weighted by molar-refractivity contribution is -0.192. The molecule has 0 spiro atoms. The summed E-state index contributed by atoms with van der Waals surface area (Å²) in [4.78, 5) is 38.2. The minimum absolute atomic E-state index is 0.0239. The molecule has 4 rings (SSSR count). The molecule has 1 amide bonds. The number of hydrogen-bond donors (Lipinski definition) is 1. The molecule has 1 N–H and O–H groups in total. The number of rotatable bonds is 2.